The minimum Gasteiger partial charge on any atom is -0.396 e. The van der Waals surface area contributed by atoms with Gasteiger partial charge >= 0.3 is 0 Å². The van der Waals surface area contributed by atoms with Crippen LogP contribution in [-0.4, -0.2) is 23.5 Å². The second-order valence-corrected chi connectivity index (χ2v) is 1.14. The number of nitrogens with zero attached hydrogens (tertiary/aromatic N) is 1. The highest BCUT2D eigenvalue weighted by Gasteiger charge is 1.91. The van der Waals surface area contributed by atoms with Crippen LogP contribution in [0.25, 0.3) is 0 Å². The van der Waals surface area contributed by atoms with E-state index in [0.29, 0.717) is 0 Å². The van der Waals surface area contributed by atoms with Crippen LogP contribution in [0.2, 0.25) is 0 Å². The quantitative estimate of drug-likeness (QED) is 0.502. The van der Waals surface area contributed by atoms with Gasteiger partial charge in [-0.2, -0.15) is 4.99 Å². The molecule has 0 radical (unpaired) electrons. The smallest absolute Gasteiger partial charge is 0.256 e. The molecule has 0 saturated carbocycles. The van der Waals surface area contributed by atoms with Crippen molar-refractivity contribution in [1.82, 2.24) is 0 Å². The van der Waals surface area contributed by atoms with Crippen molar-refractivity contribution in [2.75, 3.05) is 6.61 Å². The van der Waals surface area contributed by atoms with Crippen LogP contribution in [0.15, 0.2) is 11.6 Å². The standard InChI is InChI=1S/C5H7NO2/c1-2-6-5(8)3-4-7/h7H,1,3-4H2. The van der Waals surface area contributed by atoms with Gasteiger partial charge in [-0.15, -0.1) is 0 Å². The van der Waals surface area contributed by atoms with Gasteiger partial charge in [-0.05, 0) is 12.4 Å². The monoisotopic (exact) mass is 113 g/mol. The van der Waals surface area contributed by atoms with E-state index in [9.17, 15) is 4.79 Å². The maximum absolute atomic E-state index is 10.2. The molecule has 3 nitrogen and oxygen atoms in total. The molecule has 0 bridgehead atoms. The summed E-state index contributed by atoms with van der Waals surface area (Å²) in [7, 11) is 0. The normalized spacial score (nSPS) is 7.62. The van der Waals surface area contributed by atoms with Crippen molar-refractivity contribution in [1.29, 1.82) is 0 Å². The van der Waals surface area contributed by atoms with Crippen molar-refractivity contribution < 1.29 is 9.90 Å². The summed E-state index contributed by atoms with van der Waals surface area (Å²) in [4.78, 5) is 13.4. The molecule has 0 aromatic rings. The number of amides is 1. The fraction of sp³-hybridized carbons (Fsp3) is 0.400. The van der Waals surface area contributed by atoms with Crippen LogP contribution >= 0.6 is 0 Å². The van der Waals surface area contributed by atoms with Gasteiger partial charge in [0.25, 0.3) is 5.91 Å². The first kappa shape index (κ1) is 7.08. The number of aliphatic imine (C=N–C) groups is 1. The third kappa shape index (κ3) is 3.28. The molecule has 0 fully saturated rings. The minimum atomic E-state index is -0.387. The zero-order chi connectivity index (χ0) is 6.41. The second-order valence-electron chi connectivity index (χ2n) is 1.14. The predicted molar refractivity (Wildman–Crippen MR) is 29.8 cm³/mol. The second kappa shape index (κ2) is 4.24. The van der Waals surface area contributed by atoms with E-state index in [0.717, 1.165) is 0 Å². The molecule has 0 rings (SSSR count). The van der Waals surface area contributed by atoms with Gasteiger partial charge in [-0.1, -0.05) is 0 Å². The van der Waals surface area contributed by atoms with Gasteiger partial charge in [0, 0.05) is 0 Å². The van der Waals surface area contributed by atoms with E-state index in [1.54, 1.807) is 0 Å². The largest absolute Gasteiger partial charge is 0.396 e. The van der Waals surface area contributed by atoms with Gasteiger partial charge in [0.05, 0.1) is 13.0 Å². The topological polar surface area (TPSA) is 49.7 Å². The third-order valence-electron chi connectivity index (χ3n) is 0.529. The third-order valence-corrected chi connectivity index (χ3v) is 0.529. The maximum atomic E-state index is 10.2. The van der Waals surface area contributed by atoms with Gasteiger partial charge in [0.15, 0.2) is 0 Å². The summed E-state index contributed by atoms with van der Waals surface area (Å²) in [5.74, 6) is 1.68. The summed E-state index contributed by atoms with van der Waals surface area (Å²) in [6.07, 6.45) is 0.0581. The first-order valence-corrected chi connectivity index (χ1v) is 2.17. The summed E-state index contributed by atoms with van der Waals surface area (Å²) in [6, 6.07) is 0. The van der Waals surface area contributed by atoms with Gasteiger partial charge in [0.1, 0.15) is 0 Å². The van der Waals surface area contributed by atoms with Crippen molar-refractivity contribution >= 4 is 11.8 Å². The van der Waals surface area contributed by atoms with Gasteiger partial charge in [-0.3, -0.25) is 4.79 Å². The lowest BCUT2D eigenvalue weighted by atomic mass is 10.4. The molecule has 1 N–H and O–H groups in total. The minimum absolute atomic E-state index is 0.0581. The molecule has 44 valence electrons. The summed E-state index contributed by atoms with van der Waals surface area (Å²) in [6.45, 7) is 2.93. The van der Waals surface area contributed by atoms with Crippen molar-refractivity contribution in [3.8, 4) is 0 Å². The Morgan fingerprint density at radius 3 is 2.88 bits per heavy atom. The maximum Gasteiger partial charge on any atom is 0.256 e. The summed E-state index contributed by atoms with van der Waals surface area (Å²) in [5.41, 5.74) is 0. The molecular weight excluding hydrogens is 106 g/mol. The molecule has 0 heterocycles. The Balaban J connectivity index is 3.49. The van der Waals surface area contributed by atoms with Crippen molar-refractivity contribution in [3.05, 3.63) is 6.58 Å². The average Bonchev–Trinajstić information content (AvgIpc) is 1.68. The van der Waals surface area contributed by atoms with Gasteiger partial charge < -0.3 is 5.11 Å². The van der Waals surface area contributed by atoms with E-state index in [4.69, 9.17) is 5.11 Å². The van der Waals surface area contributed by atoms with Crippen LogP contribution in [0.3, 0.4) is 0 Å². The van der Waals surface area contributed by atoms with Crippen molar-refractivity contribution in [2.45, 2.75) is 6.42 Å². The summed E-state index contributed by atoms with van der Waals surface area (Å²) < 4.78 is 0. The van der Waals surface area contributed by atoms with Crippen LogP contribution in [0.1, 0.15) is 6.42 Å². The Kier molecular flexibility index (Phi) is 3.76. The van der Waals surface area contributed by atoms with Crippen molar-refractivity contribution in [2.24, 2.45) is 4.99 Å². The molecule has 0 aliphatic carbocycles. The zero-order valence-electron chi connectivity index (χ0n) is 4.42. The Bertz CT molecular complexity index is 124. The molecule has 0 aliphatic rings. The fourth-order valence-electron chi connectivity index (χ4n) is 0.240. The number of rotatable bonds is 2. The van der Waals surface area contributed by atoms with E-state index in [2.05, 4.69) is 17.4 Å². The lowest BCUT2D eigenvalue weighted by Gasteiger charge is -1.82. The first-order chi connectivity index (χ1) is 3.81. The Hall–Kier alpha value is -0.920. The van der Waals surface area contributed by atoms with E-state index in [1.165, 1.54) is 0 Å². The highest BCUT2D eigenvalue weighted by Crippen LogP contribution is 1.78. The van der Waals surface area contributed by atoms with E-state index >= 15 is 0 Å². The van der Waals surface area contributed by atoms with E-state index in [-0.39, 0.29) is 18.9 Å². The Morgan fingerprint density at radius 1 is 1.88 bits per heavy atom. The van der Waals surface area contributed by atoms with Crippen molar-refractivity contribution in [3.63, 3.8) is 0 Å². The average molecular weight is 113 g/mol. The molecule has 0 aromatic carbocycles. The number of hydrogen-bond acceptors (Lipinski definition) is 2. The number of hydrogen-bond donors (Lipinski definition) is 1. The SMILES string of the molecule is C=C=NC(=O)CCO. The highest BCUT2D eigenvalue weighted by molar-refractivity contribution is 5.82. The predicted octanol–water partition coefficient (Wildman–Crippen LogP) is -0.249. The van der Waals surface area contributed by atoms with Crippen LogP contribution in [0.5, 0.6) is 0 Å². The van der Waals surface area contributed by atoms with Gasteiger partial charge in [-0.25, -0.2) is 0 Å². The molecule has 0 aromatic heterocycles. The number of carbonyl (C=O) groups excluding carboxylic acids is 1. The molecular formula is C5H7NO2. The highest BCUT2D eigenvalue weighted by atomic mass is 16.3. The van der Waals surface area contributed by atoms with Crippen LogP contribution in [-0.2, 0) is 4.79 Å². The lowest BCUT2D eigenvalue weighted by molar-refractivity contribution is -0.118. The number of carbonyl (C=O) groups is 1. The molecule has 0 saturated heterocycles. The Morgan fingerprint density at radius 2 is 2.50 bits per heavy atom. The molecule has 3 heteroatoms. The van der Waals surface area contributed by atoms with Crippen LogP contribution < -0.4 is 0 Å². The fourth-order valence-corrected chi connectivity index (χ4v) is 0.240. The lowest BCUT2D eigenvalue weighted by Crippen LogP contribution is -1.94. The van der Waals surface area contributed by atoms with Crippen LogP contribution in [0, 0.1) is 0 Å². The Labute approximate surface area is 47.4 Å². The number of aliphatic hydroxyl groups excluding tert-OH is 1. The van der Waals surface area contributed by atoms with Crippen LogP contribution in [0.4, 0.5) is 0 Å². The van der Waals surface area contributed by atoms with E-state index < -0.39 is 0 Å². The first-order valence-electron chi connectivity index (χ1n) is 2.17. The molecule has 0 unspecified atom stereocenters. The molecule has 8 heavy (non-hydrogen) atoms. The van der Waals surface area contributed by atoms with Gasteiger partial charge in [0.2, 0.25) is 0 Å². The van der Waals surface area contributed by atoms with E-state index in [1.807, 2.05) is 0 Å². The molecule has 0 atom stereocenters. The number of aliphatic hydroxyl groups is 1. The molecule has 0 aliphatic heterocycles. The molecule has 0 spiro atoms. The zero-order valence-corrected chi connectivity index (χ0v) is 4.42. The summed E-state index contributed by atoms with van der Waals surface area (Å²) in [5, 5.41) is 8.13. The summed E-state index contributed by atoms with van der Waals surface area (Å²) >= 11 is 0. The molecule has 1 amide bonds.